The van der Waals surface area contributed by atoms with E-state index in [2.05, 4.69) is 10.2 Å². The number of hydrogen-bond acceptors (Lipinski definition) is 3. The highest BCUT2D eigenvalue weighted by molar-refractivity contribution is 6.30. The largest absolute Gasteiger partial charge is 0.298 e. The maximum absolute atomic E-state index is 13.2. The molecule has 2 heterocycles. The molecule has 0 radical (unpaired) electrons. The maximum atomic E-state index is 13.2. The minimum Gasteiger partial charge on any atom is -0.265 e. The summed E-state index contributed by atoms with van der Waals surface area (Å²) >= 11 is 6.07. The van der Waals surface area contributed by atoms with Gasteiger partial charge in [-0.2, -0.15) is 14.9 Å². The van der Waals surface area contributed by atoms with Crippen LogP contribution < -0.4 is 5.56 Å². The van der Waals surface area contributed by atoms with Crippen LogP contribution in [0.15, 0.2) is 59.5 Å². The molecule has 2 aromatic carbocycles. The molecule has 25 heavy (non-hydrogen) atoms. The first-order valence-electron chi connectivity index (χ1n) is 7.86. The van der Waals surface area contributed by atoms with Crippen LogP contribution in [0.4, 0.5) is 0 Å². The third kappa shape index (κ3) is 2.53. The lowest BCUT2D eigenvalue weighted by atomic mass is 10.2. The second-order valence-corrected chi connectivity index (χ2v) is 6.32. The van der Waals surface area contributed by atoms with Crippen LogP contribution in [-0.4, -0.2) is 19.6 Å². The van der Waals surface area contributed by atoms with Crippen LogP contribution in [0.1, 0.15) is 11.3 Å². The number of benzene rings is 2. The fourth-order valence-corrected chi connectivity index (χ4v) is 3.12. The first-order chi connectivity index (χ1) is 12.1. The van der Waals surface area contributed by atoms with E-state index in [-0.39, 0.29) is 5.56 Å². The monoisotopic (exact) mass is 350 g/mol. The van der Waals surface area contributed by atoms with Gasteiger partial charge in [0.15, 0.2) is 0 Å². The first-order valence-corrected chi connectivity index (χ1v) is 8.23. The highest BCUT2D eigenvalue weighted by atomic mass is 35.5. The molecular weight excluding hydrogens is 336 g/mol. The summed E-state index contributed by atoms with van der Waals surface area (Å²) in [5, 5.41) is 10.2. The molecule has 5 nitrogen and oxygen atoms in total. The molecular formula is C19H15ClN4O. The highest BCUT2D eigenvalue weighted by Gasteiger charge is 2.16. The smallest absolute Gasteiger partial charge is 0.265 e. The molecule has 0 aliphatic rings. The molecule has 0 saturated carbocycles. The Morgan fingerprint density at radius 1 is 1.00 bits per heavy atom. The van der Waals surface area contributed by atoms with Crippen molar-refractivity contribution in [2.45, 2.75) is 13.8 Å². The average molecular weight is 351 g/mol. The van der Waals surface area contributed by atoms with Crippen LogP contribution in [-0.2, 0) is 0 Å². The molecule has 0 N–H and O–H groups in total. The Kier molecular flexibility index (Phi) is 3.66. The molecule has 0 unspecified atom stereocenters. The van der Waals surface area contributed by atoms with Crippen LogP contribution in [0.3, 0.4) is 0 Å². The van der Waals surface area contributed by atoms with Crippen molar-refractivity contribution >= 4 is 22.5 Å². The fourth-order valence-electron chi connectivity index (χ4n) is 2.94. The zero-order valence-corrected chi connectivity index (χ0v) is 14.5. The van der Waals surface area contributed by atoms with Crippen molar-refractivity contribution < 1.29 is 0 Å². The van der Waals surface area contributed by atoms with Crippen LogP contribution >= 0.6 is 11.6 Å². The minimum absolute atomic E-state index is 0.233. The molecule has 0 saturated heterocycles. The summed E-state index contributed by atoms with van der Waals surface area (Å²) in [4.78, 5) is 13.2. The van der Waals surface area contributed by atoms with Crippen molar-refractivity contribution in [1.82, 2.24) is 19.6 Å². The van der Waals surface area contributed by atoms with Crippen molar-refractivity contribution in [2.24, 2.45) is 0 Å². The standard InChI is InChI=1S/C19H15ClN4O/c1-12-6-3-4-9-17(12)24-18-16(11-21-24)13(2)22-23(19(18)25)15-8-5-7-14(20)10-15/h3-11H,1-2H3. The van der Waals surface area contributed by atoms with Gasteiger partial charge in [-0.1, -0.05) is 35.9 Å². The molecule has 2 aromatic heterocycles. The normalized spacial score (nSPS) is 11.2. The van der Waals surface area contributed by atoms with E-state index in [9.17, 15) is 4.79 Å². The van der Waals surface area contributed by atoms with Gasteiger partial charge in [-0.15, -0.1) is 0 Å². The van der Waals surface area contributed by atoms with Crippen LogP contribution in [0.2, 0.25) is 5.02 Å². The Morgan fingerprint density at radius 2 is 1.80 bits per heavy atom. The van der Waals surface area contributed by atoms with Crippen LogP contribution in [0, 0.1) is 13.8 Å². The zero-order valence-electron chi connectivity index (χ0n) is 13.8. The van der Waals surface area contributed by atoms with E-state index in [0.29, 0.717) is 16.2 Å². The second-order valence-electron chi connectivity index (χ2n) is 5.89. The zero-order chi connectivity index (χ0) is 17.6. The van der Waals surface area contributed by atoms with Crippen molar-refractivity contribution in [3.8, 4) is 11.4 Å². The topological polar surface area (TPSA) is 52.7 Å². The van der Waals surface area contributed by atoms with Gasteiger partial charge in [0.1, 0.15) is 5.52 Å². The highest BCUT2D eigenvalue weighted by Crippen LogP contribution is 2.21. The molecule has 124 valence electrons. The van der Waals surface area contributed by atoms with E-state index in [4.69, 9.17) is 11.6 Å². The Hall–Kier alpha value is -2.92. The van der Waals surface area contributed by atoms with Crippen molar-refractivity contribution in [3.05, 3.63) is 81.4 Å². The SMILES string of the molecule is Cc1ccccc1-n1ncc2c(C)nn(-c3cccc(Cl)c3)c(=O)c21. The molecule has 0 atom stereocenters. The molecule has 6 heteroatoms. The fraction of sp³-hybridized carbons (Fsp3) is 0.105. The number of aryl methyl sites for hydroxylation is 2. The number of para-hydroxylation sites is 1. The molecule has 0 aliphatic carbocycles. The van der Waals surface area contributed by atoms with Gasteiger partial charge in [0.05, 0.1) is 23.3 Å². The Morgan fingerprint density at radius 3 is 2.56 bits per heavy atom. The van der Waals surface area contributed by atoms with Gasteiger partial charge >= 0.3 is 0 Å². The lowest BCUT2D eigenvalue weighted by Crippen LogP contribution is -2.24. The van der Waals surface area contributed by atoms with Gasteiger partial charge in [-0.25, -0.2) is 4.68 Å². The predicted molar refractivity (Wildman–Crippen MR) is 98.9 cm³/mol. The molecule has 0 amide bonds. The van der Waals surface area contributed by atoms with Gasteiger partial charge in [-0.05, 0) is 43.7 Å². The van der Waals surface area contributed by atoms with Crippen LogP contribution in [0.25, 0.3) is 22.3 Å². The quantitative estimate of drug-likeness (QED) is 0.552. The van der Waals surface area contributed by atoms with Gasteiger partial charge in [-0.3, -0.25) is 4.79 Å². The van der Waals surface area contributed by atoms with E-state index in [1.165, 1.54) is 4.68 Å². The van der Waals surface area contributed by atoms with Crippen molar-refractivity contribution in [2.75, 3.05) is 0 Å². The maximum Gasteiger partial charge on any atom is 0.298 e. The third-order valence-electron chi connectivity index (χ3n) is 4.20. The van der Waals surface area contributed by atoms with E-state index in [1.54, 1.807) is 35.1 Å². The molecule has 0 spiro atoms. The van der Waals surface area contributed by atoms with E-state index >= 15 is 0 Å². The predicted octanol–water partition coefficient (Wildman–Crippen LogP) is 3.84. The summed E-state index contributed by atoms with van der Waals surface area (Å²) in [6.07, 6.45) is 1.69. The summed E-state index contributed by atoms with van der Waals surface area (Å²) in [5.41, 5.74) is 3.54. The van der Waals surface area contributed by atoms with Crippen LogP contribution in [0.5, 0.6) is 0 Å². The first kappa shape index (κ1) is 15.6. The van der Waals surface area contributed by atoms with Gasteiger partial charge < -0.3 is 0 Å². The number of hydrogen-bond donors (Lipinski definition) is 0. The summed E-state index contributed by atoms with van der Waals surface area (Å²) < 4.78 is 3.06. The van der Waals surface area contributed by atoms with Gasteiger partial charge in [0.25, 0.3) is 5.56 Å². The summed E-state index contributed by atoms with van der Waals surface area (Å²) in [7, 11) is 0. The van der Waals surface area contributed by atoms with Crippen molar-refractivity contribution in [3.63, 3.8) is 0 Å². The van der Waals surface area contributed by atoms with Gasteiger partial charge in [0, 0.05) is 10.4 Å². The minimum atomic E-state index is -0.233. The molecule has 4 rings (SSSR count). The van der Waals surface area contributed by atoms with Crippen molar-refractivity contribution in [1.29, 1.82) is 0 Å². The number of nitrogens with zero attached hydrogens (tertiary/aromatic N) is 4. The van der Waals surface area contributed by atoms with Gasteiger partial charge in [0.2, 0.25) is 0 Å². The number of aromatic nitrogens is 4. The Bertz CT molecular complexity index is 1160. The number of halogens is 1. The molecule has 0 aliphatic heterocycles. The summed E-state index contributed by atoms with van der Waals surface area (Å²) in [5.74, 6) is 0. The Balaban J connectivity index is 2.07. The van der Waals surface area contributed by atoms with E-state index < -0.39 is 0 Å². The van der Waals surface area contributed by atoms with E-state index in [1.807, 2.05) is 38.1 Å². The average Bonchev–Trinajstić information content (AvgIpc) is 3.04. The molecule has 0 fully saturated rings. The molecule has 0 bridgehead atoms. The third-order valence-corrected chi connectivity index (χ3v) is 4.44. The summed E-state index contributed by atoms with van der Waals surface area (Å²) in [6, 6.07) is 14.9. The Labute approximate surface area is 149 Å². The molecule has 4 aromatic rings. The lowest BCUT2D eigenvalue weighted by molar-refractivity contribution is 0.790. The summed E-state index contributed by atoms with van der Waals surface area (Å²) in [6.45, 7) is 3.86. The number of rotatable bonds is 2. The second kappa shape index (κ2) is 5.86. The lowest BCUT2D eigenvalue weighted by Gasteiger charge is -2.10. The van der Waals surface area contributed by atoms with E-state index in [0.717, 1.165) is 22.3 Å². The number of fused-ring (bicyclic) bond motifs is 1.